The zero-order chi connectivity index (χ0) is 16.1. The molecule has 2 heterocycles. The first-order chi connectivity index (χ1) is 11.1. The van der Waals surface area contributed by atoms with Crippen LogP contribution in [0.15, 0.2) is 30.3 Å². The number of aliphatic hydroxyl groups excluding tert-OH is 1. The SMILES string of the molecule is COc1ccc2c(c1)O[C@H]1c3cc(O)c(O)cc3CO[C@H]1[C@H]2O. The summed E-state index contributed by atoms with van der Waals surface area (Å²) in [5.41, 5.74) is 2.06. The van der Waals surface area contributed by atoms with Crippen molar-refractivity contribution in [1.29, 1.82) is 0 Å². The molecule has 2 aromatic carbocycles. The van der Waals surface area contributed by atoms with Gasteiger partial charge >= 0.3 is 0 Å². The van der Waals surface area contributed by atoms with E-state index in [-0.39, 0.29) is 18.1 Å². The van der Waals surface area contributed by atoms with Crippen molar-refractivity contribution < 1.29 is 29.5 Å². The predicted molar refractivity (Wildman–Crippen MR) is 79.7 cm³/mol. The maximum atomic E-state index is 10.6. The topological polar surface area (TPSA) is 88.4 Å². The fourth-order valence-corrected chi connectivity index (χ4v) is 3.17. The molecule has 0 aliphatic carbocycles. The second kappa shape index (κ2) is 5.04. The van der Waals surface area contributed by atoms with Gasteiger partial charge in [-0.15, -0.1) is 0 Å². The summed E-state index contributed by atoms with van der Waals surface area (Å²) in [5, 5.41) is 30.0. The Bertz CT molecular complexity index is 772. The molecule has 6 heteroatoms. The number of methoxy groups -OCH3 is 1. The van der Waals surface area contributed by atoms with E-state index < -0.39 is 18.3 Å². The molecule has 2 aliphatic rings. The molecule has 0 spiro atoms. The molecule has 0 amide bonds. The van der Waals surface area contributed by atoms with Crippen LogP contribution >= 0.6 is 0 Å². The van der Waals surface area contributed by atoms with E-state index in [0.717, 1.165) is 5.56 Å². The Morgan fingerprint density at radius 3 is 2.65 bits per heavy atom. The second-order valence-electron chi connectivity index (χ2n) is 5.70. The van der Waals surface area contributed by atoms with Gasteiger partial charge in [-0.1, -0.05) is 0 Å². The lowest BCUT2D eigenvalue weighted by atomic mass is 9.87. The summed E-state index contributed by atoms with van der Waals surface area (Å²) in [6.45, 7) is 0.232. The van der Waals surface area contributed by atoms with Gasteiger partial charge in [0.05, 0.1) is 13.7 Å². The number of phenols is 2. The minimum absolute atomic E-state index is 0.204. The molecular formula is C17H16O6. The lowest BCUT2D eigenvalue weighted by Gasteiger charge is -2.40. The average molecular weight is 316 g/mol. The van der Waals surface area contributed by atoms with Crippen molar-refractivity contribution in [3.05, 3.63) is 47.0 Å². The second-order valence-corrected chi connectivity index (χ2v) is 5.70. The first-order valence-electron chi connectivity index (χ1n) is 7.27. The van der Waals surface area contributed by atoms with Crippen LogP contribution in [-0.2, 0) is 11.3 Å². The van der Waals surface area contributed by atoms with Gasteiger partial charge in [0.25, 0.3) is 0 Å². The zero-order valence-electron chi connectivity index (χ0n) is 12.4. The molecule has 120 valence electrons. The quantitative estimate of drug-likeness (QED) is 0.699. The third-order valence-electron chi connectivity index (χ3n) is 4.38. The van der Waals surface area contributed by atoms with Gasteiger partial charge in [0.1, 0.15) is 23.7 Å². The van der Waals surface area contributed by atoms with E-state index in [2.05, 4.69) is 0 Å². The maximum Gasteiger partial charge on any atom is 0.157 e. The monoisotopic (exact) mass is 316 g/mol. The van der Waals surface area contributed by atoms with Crippen LogP contribution in [0.3, 0.4) is 0 Å². The Labute approximate surface area is 132 Å². The number of aliphatic hydroxyl groups is 1. The molecule has 6 nitrogen and oxygen atoms in total. The van der Waals surface area contributed by atoms with E-state index >= 15 is 0 Å². The molecule has 2 aliphatic heterocycles. The van der Waals surface area contributed by atoms with E-state index in [1.54, 1.807) is 25.3 Å². The highest BCUT2D eigenvalue weighted by molar-refractivity contribution is 5.50. The van der Waals surface area contributed by atoms with Crippen molar-refractivity contribution in [2.45, 2.75) is 24.9 Å². The lowest BCUT2D eigenvalue weighted by molar-refractivity contribution is -0.127. The van der Waals surface area contributed by atoms with Crippen LogP contribution in [0.25, 0.3) is 0 Å². The molecular weight excluding hydrogens is 300 g/mol. The summed E-state index contributed by atoms with van der Waals surface area (Å²) < 4.78 is 16.9. The molecule has 3 N–H and O–H groups in total. The van der Waals surface area contributed by atoms with Crippen molar-refractivity contribution in [3.8, 4) is 23.0 Å². The van der Waals surface area contributed by atoms with Gasteiger partial charge in [0, 0.05) is 17.2 Å². The molecule has 0 unspecified atom stereocenters. The molecule has 23 heavy (non-hydrogen) atoms. The number of rotatable bonds is 1. The Hall–Kier alpha value is -2.44. The Morgan fingerprint density at radius 2 is 1.87 bits per heavy atom. The van der Waals surface area contributed by atoms with Gasteiger partial charge in [0.2, 0.25) is 0 Å². The molecule has 0 radical (unpaired) electrons. The van der Waals surface area contributed by atoms with Crippen LogP contribution in [0.2, 0.25) is 0 Å². The average Bonchev–Trinajstić information content (AvgIpc) is 2.56. The molecule has 0 saturated heterocycles. The minimum Gasteiger partial charge on any atom is -0.504 e. The van der Waals surface area contributed by atoms with Gasteiger partial charge in [-0.2, -0.15) is 0 Å². The van der Waals surface area contributed by atoms with Crippen LogP contribution in [0.1, 0.15) is 28.9 Å². The van der Waals surface area contributed by atoms with Gasteiger partial charge < -0.3 is 29.5 Å². The Balaban J connectivity index is 1.81. The van der Waals surface area contributed by atoms with E-state index in [9.17, 15) is 15.3 Å². The number of fused-ring (bicyclic) bond motifs is 4. The standard InChI is InChI=1S/C17H16O6/c1-21-9-2-3-10-14(5-9)23-16-11-6-13(19)12(18)4-8(11)7-22-17(16)15(10)20/h2-6,15-20H,7H2,1H3/t15-,16-,17-/m0/s1. The van der Waals surface area contributed by atoms with Gasteiger partial charge in [-0.3, -0.25) is 0 Å². The van der Waals surface area contributed by atoms with Gasteiger partial charge in [-0.25, -0.2) is 0 Å². The van der Waals surface area contributed by atoms with Crippen LogP contribution < -0.4 is 9.47 Å². The molecule has 0 saturated carbocycles. The van der Waals surface area contributed by atoms with Gasteiger partial charge in [0.15, 0.2) is 17.6 Å². The van der Waals surface area contributed by atoms with Crippen LogP contribution in [0, 0.1) is 0 Å². The minimum atomic E-state index is -0.848. The maximum absolute atomic E-state index is 10.6. The first-order valence-corrected chi connectivity index (χ1v) is 7.27. The number of phenolic OH excluding ortho intramolecular Hbond substituents is 2. The van der Waals surface area contributed by atoms with Crippen molar-refractivity contribution >= 4 is 0 Å². The van der Waals surface area contributed by atoms with Crippen molar-refractivity contribution in [2.75, 3.05) is 7.11 Å². The largest absolute Gasteiger partial charge is 0.504 e. The molecule has 0 bridgehead atoms. The third-order valence-corrected chi connectivity index (χ3v) is 4.38. The van der Waals surface area contributed by atoms with Crippen molar-refractivity contribution in [2.24, 2.45) is 0 Å². The number of aromatic hydroxyl groups is 2. The zero-order valence-corrected chi connectivity index (χ0v) is 12.4. The first kappa shape index (κ1) is 14.2. The summed E-state index contributed by atoms with van der Waals surface area (Å²) >= 11 is 0. The molecule has 0 fully saturated rings. The highest BCUT2D eigenvalue weighted by Crippen LogP contribution is 2.48. The summed E-state index contributed by atoms with van der Waals surface area (Å²) in [6.07, 6.45) is -1.99. The molecule has 3 atom stereocenters. The molecule has 2 aromatic rings. The summed E-state index contributed by atoms with van der Waals surface area (Å²) in [6, 6.07) is 8.14. The molecule has 0 aromatic heterocycles. The molecule has 4 rings (SSSR count). The Kier molecular flexibility index (Phi) is 3.11. The lowest BCUT2D eigenvalue weighted by Crippen LogP contribution is -2.39. The highest BCUT2D eigenvalue weighted by atomic mass is 16.6. The number of hydrogen-bond donors (Lipinski definition) is 3. The number of benzene rings is 2. The van der Waals surface area contributed by atoms with Crippen LogP contribution in [-0.4, -0.2) is 28.5 Å². The van der Waals surface area contributed by atoms with Crippen molar-refractivity contribution in [3.63, 3.8) is 0 Å². The summed E-state index contributed by atoms with van der Waals surface area (Å²) in [5.74, 6) is 0.713. The summed E-state index contributed by atoms with van der Waals surface area (Å²) in [7, 11) is 1.56. The highest BCUT2D eigenvalue weighted by Gasteiger charge is 2.43. The smallest absolute Gasteiger partial charge is 0.157 e. The van der Waals surface area contributed by atoms with Crippen LogP contribution in [0.5, 0.6) is 23.0 Å². The van der Waals surface area contributed by atoms with Crippen molar-refractivity contribution in [1.82, 2.24) is 0 Å². The van der Waals surface area contributed by atoms with Crippen LogP contribution in [0.4, 0.5) is 0 Å². The fourth-order valence-electron chi connectivity index (χ4n) is 3.17. The van der Waals surface area contributed by atoms with E-state index in [1.165, 1.54) is 12.1 Å². The third kappa shape index (κ3) is 2.10. The number of hydrogen-bond acceptors (Lipinski definition) is 6. The van der Waals surface area contributed by atoms with E-state index in [1.807, 2.05) is 0 Å². The normalized spacial score (nSPS) is 24.9. The number of ether oxygens (including phenoxy) is 3. The van der Waals surface area contributed by atoms with Gasteiger partial charge in [-0.05, 0) is 29.8 Å². The fraction of sp³-hybridized carbons (Fsp3) is 0.294. The van der Waals surface area contributed by atoms with E-state index in [0.29, 0.717) is 22.6 Å². The van der Waals surface area contributed by atoms with E-state index in [4.69, 9.17) is 14.2 Å². The predicted octanol–water partition coefficient (Wildman–Crippen LogP) is 2.17. The summed E-state index contributed by atoms with van der Waals surface area (Å²) in [4.78, 5) is 0. The Morgan fingerprint density at radius 1 is 1.09 bits per heavy atom.